The molecule has 0 saturated carbocycles. The van der Waals surface area contributed by atoms with Gasteiger partial charge in [-0.05, 0) is 18.2 Å². The molecule has 0 aliphatic rings. The van der Waals surface area contributed by atoms with Crippen molar-refractivity contribution in [2.24, 2.45) is 0 Å². The molecule has 2 rings (SSSR count). The van der Waals surface area contributed by atoms with Crippen molar-refractivity contribution in [1.82, 2.24) is 0 Å². The van der Waals surface area contributed by atoms with Crippen LogP contribution in [0.1, 0.15) is 9.67 Å². The Morgan fingerprint density at radius 1 is 1.38 bits per heavy atom. The van der Waals surface area contributed by atoms with Gasteiger partial charge in [0, 0.05) is 29.9 Å². The van der Waals surface area contributed by atoms with Crippen molar-refractivity contribution >= 4 is 45.5 Å². The van der Waals surface area contributed by atoms with Gasteiger partial charge in [0.1, 0.15) is 4.88 Å². The Hall–Kier alpha value is -1.26. The van der Waals surface area contributed by atoms with Gasteiger partial charge >= 0.3 is 5.97 Å². The third kappa shape index (κ3) is 2.13. The van der Waals surface area contributed by atoms with E-state index in [-0.39, 0.29) is 12.4 Å². The van der Waals surface area contributed by atoms with Crippen molar-refractivity contribution < 1.29 is 9.90 Å². The summed E-state index contributed by atoms with van der Waals surface area (Å²) in [6, 6.07) is 7.61. The molecule has 0 radical (unpaired) electrons. The highest BCUT2D eigenvalue weighted by molar-refractivity contribution is 7.20. The molecule has 0 saturated heterocycles. The number of hydrogen-bond donors (Lipinski definition) is 1. The fourth-order valence-electron chi connectivity index (χ4n) is 1.54. The summed E-state index contributed by atoms with van der Waals surface area (Å²) in [6.45, 7) is 0. The van der Waals surface area contributed by atoms with E-state index in [9.17, 15) is 4.79 Å². The van der Waals surface area contributed by atoms with Crippen molar-refractivity contribution in [1.29, 1.82) is 0 Å². The normalized spacial score (nSPS) is 9.88. The van der Waals surface area contributed by atoms with Crippen LogP contribution in [-0.2, 0) is 0 Å². The summed E-state index contributed by atoms with van der Waals surface area (Å²) in [7, 11) is 3.90. The first-order valence-corrected chi connectivity index (χ1v) is 5.34. The number of thiophene rings is 1. The number of hydrogen-bond acceptors (Lipinski definition) is 3. The van der Waals surface area contributed by atoms with Crippen LogP contribution >= 0.6 is 23.7 Å². The predicted octanol–water partition coefficient (Wildman–Crippen LogP) is 3.09. The number of rotatable bonds is 2. The minimum absolute atomic E-state index is 0. The number of fused-ring (bicyclic) bond motifs is 1. The van der Waals surface area contributed by atoms with Crippen molar-refractivity contribution in [3.8, 4) is 0 Å². The van der Waals surface area contributed by atoms with Crippen LogP contribution in [0.2, 0.25) is 0 Å². The minimum atomic E-state index is -0.860. The van der Waals surface area contributed by atoms with Gasteiger partial charge in [0.25, 0.3) is 0 Å². The fourth-order valence-corrected chi connectivity index (χ4v) is 2.46. The number of carboxylic acids is 1. The molecule has 1 aromatic heterocycles. The Labute approximate surface area is 104 Å². The lowest BCUT2D eigenvalue weighted by Crippen LogP contribution is -2.08. The lowest BCUT2D eigenvalue weighted by Gasteiger charge is -2.13. The molecule has 2 aromatic rings. The van der Waals surface area contributed by atoms with E-state index in [2.05, 4.69) is 0 Å². The van der Waals surface area contributed by atoms with Gasteiger partial charge in [-0.1, -0.05) is 6.07 Å². The van der Waals surface area contributed by atoms with Crippen molar-refractivity contribution in [2.75, 3.05) is 19.0 Å². The van der Waals surface area contributed by atoms with Gasteiger partial charge in [0.05, 0.1) is 0 Å². The number of carboxylic acid groups (broad SMARTS) is 1. The van der Waals surface area contributed by atoms with Gasteiger partial charge in [-0.2, -0.15) is 0 Å². The monoisotopic (exact) mass is 257 g/mol. The highest BCUT2D eigenvalue weighted by atomic mass is 35.5. The first kappa shape index (κ1) is 12.8. The Balaban J connectivity index is 0.00000128. The van der Waals surface area contributed by atoms with Crippen LogP contribution in [0.15, 0.2) is 24.3 Å². The van der Waals surface area contributed by atoms with Crippen LogP contribution in [-0.4, -0.2) is 25.2 Å². The molecule has 86 valence electrons. The van der Waals surface area contributed by atoms with Gasteiger partial charge in [0.15, 0.2) is 0 Å². The maximum absolute atomic E-state index is 10.8. The van der Waals surface area contributed by atoms with Crippen molar-refractivity contribution in [3.05, 3.63) is 29.1 Å². The van der Waals surface area contributed by atoms with E-state index in [1.165, 1.54) is 11.3 Å². The molecule has 3 nitrogen and oxygen atoms in total. The molecule has 0 aliphatic heterocycles. The quantitative estimate of drug-likeness (QED) is 0.899. The second-order valence-electron chi connectivity index (χ2n) is 3.50. The maximum atomic E-state index is 10.8. The predicted molar refractivity (Wildman–Crippen MR) is 70.4 cm³/mol. The van der Waals surface area contributed by atoms with E-state index < -0.39 is 5.97 Å². The molecular formula is C11H12ClNO2S. The summed E-state index contributed by atoms with van der Waals surface area (Å²) in [6.07, 6.45) is 0. The summed E-state index contributed by atoms with van der Waals surface area (Å²) in [5.74, 6) is -0.860. The standard InChI is InChI=1S/C11H11NO2S.ClH/c1-12(2)8-4-3-5-9-7(8)6-10(15-9)11(13)14;/h3-6H,1-2H3,(H,13,14);1H. The summed E-state index contributed by atoms with van der Waals surface area (Å²) < 4.78 is 1.01. The molecule has 0 amide bonds. The SMILES string of the molecule is CN(C)c1cccc2sc(C(=O)O)cc12.Cl. The number of carbonyl (C=O) groups is 1. The third-order valence-corrected chi connectivity index (χ3v) is 3.32. The van der Waals surface area contributed by atoms with Gasteiger partial charge < -0.3 is 10.0 Å². The van der Waals surface area contributed by atoms with E-state index in [0.29, 0.717) is 4.88 Å². The van der Waals surface area contributed by atoms with Crippen molar-refractivity contribution in [2.45, 2.75) is 0 Å². The van der Waals surface area contributed by atoms with E-state index in [4.69, 9.17) is 5.11 Å². The average molecular weight is 258 g/mol. The van der Waals surface area contributed by atoms with E-state index >= 15 is 0 Å². The van der Waals surface area contributed by atoms with Crippen LogP contribution in [0.5, 0.6) is 0 Å². The first-order chi connectivity index (χ1) is 7.09. The zero-order valence-corrected chi connectivity index (χ0v) is 10.6. The zero-order valence-electron chi connectivity index (χ0n) is 8.93. The Morgan fingerprint density at radius 3 is 2.62 bits per heavy atom. The molecule has 0 spiro atoms. The molecular weight excluding hydrogens is 246 g/mol. The lowest BCUT2D eigenvalue weighted by atomic mass is 10.2. The summed E-state index contributed by atoms with van der Waals surface area (Å²) >= 11 is 1.31. The Bertz CT molecular complexity index is 522. The first-order valence-electron chi connectivity index (χ1n) is 4.53. The van der Waals surface area contributed by atoms with Gasteiger partial charge in [-0.3, -0.25) is 0 Å². The molecule has 0 bridgehead atoms. The Morgan fingerprint density at radius 2 is 2.06 bits per heavy atom. The largest absolute Gasteiger partial charge is 0.477 e. The average Bonchev–Trinajstić information content (AvgIpc) is 2.60. The zero-order chi connectivity index (χ0) is 11.0. The van der Waals surface area contributed by atoms with E-state index in [1.807, 2.05) is 37.2 Å². The molecule has 16 heavy (non-hydrogen) atoms. The van der Waals surface area contributed by atoms with E-state index in [1.54, 1.807) is 6.07 Å². The molecule has 0 unspecified atom stereocenters. The maximum Gasteiger partial charge on any atom is 0.345 e. The highest BCUT2D eigenvalue weighted by Crippen LogP contribution is 2.32. The molecule has 1 N–H and O–H groups in total. The topological polar surface area (TPSA) is 40.5 Å². The smallest absolute Gasteiger partial charge is 0.345 e. The lowest BCUT2D eigenvalue weighted by molar-refractivity contribution is 0.0702. The molecule has 0 aliphatic carbocycles. The van der Waals surface area contributed by atoms with Gasteiger partial charge in [0.2, 0.25) is 0 Å². The summed E-state index contributed by atoms with van der Waals surface area (Å²) in [5.41, 5.74) is 1.05. The fraction of sp³-hybridized carbons (Fsp3) is 0.182. The van der Waals surface area contributed by atoms with Crippen LogP contribution in [0.4, 0.5) is 5.69 Å². The number of halogens is 1. The van der Waals surface area contributed by atoms with Crippen LogP contribution in [0.25, 0.3) is 10.1 Å². The highest BCUT2D eigenvalue weighted by Gasteiger charge is 2.11. The summed E-state index contributed by atoms with van der Waals surface area (Å²) in [4.78, 5) is 13.2. The number of aromatic carboxylic acids is 1. The second-order valence-corrected chi connectivity index (χ2v) is 4.58. The summed E-state index contributed by atoms with van der Waals surface area (Å²) in [5, 5.41) is 9.92. The van der Waals surface area contributed by atoms with Gasteiger partial charge in [-0.25, -0.2) is 4.79 Å². The van der Waals surface area contributed by atoms with Crippen LogP contribution < -0.4 is 4.90 Å². The molecule has 0 fully saturated rings. The van der Waals surface area contributed by atoms with Crippen LogP contribution in [0, 0.1) is 0 Å². The second kappa shape index (κ2) is 4.72. The third-order valence-electron chi connectivity index (χ3n) is 2.23. The van der Waals surface area contributed by atoms with Crippen molar-refractivity contribution in [3.63, 3.8) is 0 Å². The van der Waals surface area contributed by atoms with Crippen LogP contribution in [0.3, 0.4) is 0 Å². The molecule has 5 heteroatoms. The number of benzene rings is 1. The molecule has 1 heterocycles. The van der Waals surface area contributed by atoms with E-state index in [0.717, 1.165) is 15.8 Å². The number of nitrogens with zero attached hydrogens (tertiary/aromatic N) is 1. The molecule has 1 aromatic carbocycles. The minimum Gasteiger partial charge on any atom is -0.477 e. The molecule has 0 atom stereocenters. The number of anilines is 1. The Kier molecular flexibility index (Phi) is 3.78. The van der Waals surface area contributed by atoms with Gasteiger partial charge in [-0.15, -0.1) is 23.7 Å².